The van der Waals surface area contributed by atoms with Gasteiger partial charge in [-0.3, -0.25) is 0 Å². The molecule has 102 valence electrons. The van der Waals surface area contributed by atoms with Gasteiger partial charge in [-0.1, -0.05) is 30.3 Å². The number of ether oxygens (including phenoxy) is 1. The molecule has 19 heavy (non-hydrogen) atoms. The molecular weight excluding hydrogens is 236 g/mol. The summed E-state index contributed by atoms with van der Waals surface area (Å²) >= 11 is 0. The molecular formula is C16H22N2O. The molecule has 0 aromatic heterocycles. The number of nitrogens with two attached hydrogens (primary N) is 2. The predicted octanol–water partition coefficient (Wildman–Crippen LogP) is 3.37. The third-order valence-corrected chi connectivity index (χ3v) is 2.52. The average molecular weight is 258 g/mol. The van der Waals surface area contributed by atoms with Crippen molar-refractivity contribution >= 4 is 5.69 Å². The maximum Gasteiger partial charge on any atom is 0.119 e. The van der Waals surface area contributed by atoms with Gasteiger partial charge in [-0.05, 0) is 43.7 Å². The van der Waals surface area contributed by atoms with E-state index in [4.69, 9.17) is 16.2 Å². The molecule has 2 aromatic rings. The van der Waals surface area contributed by atoms with E-state index in [0.717, 1.165) is 11.4 Å². The maximum atomic E-state index is 5.61. The van der Waals surface area contributed by atoms with Gasteiger partial charge in [0, 0.05) is 11.7 Å². The molecule has 0 saturated heterocycles. The first kappa shape index (κ1) is 15.1. The van der Waals surface area contributed by atoms with Gasteiger partial charge in [-0.2, -0.15) is 0 Å². The Morgan fingerprint density at radius 3 is 2.00 bits per heavy atom. The first-order chi connectivity index (χ1) is 9.13. The molecule has 0 saturated carbocycles. The second-order valence-electron chi connectivity index (χ2n) is 4.20. The van der Waals surface area contributed by atoms with Gasteiger partial charge >= 0.3 is 0 Å². The molecule has 4 N–H and O–H groups in total. The Morgan fingerprint density at radius 2 is 1.58 bits per heavy atom. The van der Waals surface area contributed by atoms with Crippen molar-refractivity contribution in [3.05, 3.63) is 60.2 Å². The smallest absolute Gasteiger partial charge is 0.119 e. The van der Waals surface area contributed by atoms with Crippen LogP contribution in [-0.4, -0.2) is 6.61 Å². The van der Waals surface area contributed by atoms with Crippen LogP contribution in [0.1, 0.15) is 25.5 Å². The van der Waals surface area contributed by atoms with Gasteiger partial charge < -0.3 is 16.2 Å². The quantitative estimate of drug-likeness (QED) is 0.830. The number of nitrogen functional groups attached to an aromatic ring is 1. The molecule has 0 aliphatic rings. The van der Waals surface area contributed by atoms with Crippen LogP contribution in [-0.2, 0) is 0 Å². The van der Waals surface area contributed by atoms with Crippen molar-refractivity contribution in [2.45, 2.75) is 19.9 Å². The van der Waals surface area contributed by atoms with Crippen molar-refractivity contribution in [1.82, 2.24) is 0 Å². The lowest BCUT2D eigenvalue weighted by Gasteiger charge is -2.02. The SMILES string of the molecule is CC(N)c1ccccc1.CCOc1ccc(N)cc1. The van der Waals surface area contributed by atoms with E-state index in [1.807, 2.05) is 68.4 Å². The van der Waals surface area contributed by atoms with E-state index in [-0.39, 0.29) is 6.04 Å². The van der Waals surface area contributed by atoms with E-state index >= 15 is 0 Å². The number of benzene rings is 2. The van der Waals surface area contributed by atoms with Crippen LogP contribution in [0, 0.1) is 0 Å². The lowest BCUT2D eigenvalue weighted by molar-refractivity contribution is 0.340. The van der Waals surface area contributed by atoms with Crippen molar-refractivity contribution in [2.24, 2.45) is 5.73 Å². The largest absolute Gasteiger partial charge is 0.494 e. The molecule has 2 aromatic carbocycles. The van der Waals surface area contributed by atoms with Gasteiger partial charge in [0.25, 0.3) is 0 Å². The summed E-state index contributed by atoms with van der Waals surface area (Å²) in [6.07, 6.45) is 0. The highest BCUT2D eigenvalue weighted by molar-refractivity contribution is 5.41. The molecule has 0 amide bonds. The summed E-state index contributed by atoms with van der Waals surface area (Å²) in [4.78, 5) is 0. The van der Waals surface area contributed by atoms with Crippen LogP contribution in [0.25, 0.3) is 0 Å². The topological polar surface area (TPSA) is 61.3 Å². The molecule has 0 radical (unpaired) electrons. The number of hydrogen-bond donors (Lipinski definition) is 2. The minimum absolute atomic E-state index is 0.159. The monoisotopic (exact) mass is 258 g/mol. The predicted molar refractivity (Wildman–Crippen MR) is 81.1 cm³/mol. The van der Waals surface area contributed by atoms with E-state index in [1.54, 1.807) is 0 Å². The zero-order valence-electron chi connectivity index (χ0n) is 11.5. The zero-order chi connectivity index (χ0) is 14.1. The molecule has 3 nitrogen and oxygen atoms in total. The Morgan fingerprint density at radius 1 is 1.00 bits per heavy atom. The third kappa shape index (κ3) is 5.93. The molecule has 1 unspecified atom stereocenters. The van der Waals surface area contributed by atoms with Gasteiger partial charge in [-0.25, -0.2) is 0 Å². The Bertz CT molecular complexity index is 452. The fraction of sp³-hybridized carbons (Fsp3) is 0.250. The van der Waals surface area contributed by atoms with E-state index in [1.165, 1.54) is 5.56 Å². The Balaban J connectivity index is 0.000000191. The fourth-order valence-corrected chi connectivity index (χ4v) is 1.49. The van der Waals surface area contributed by atoms with E-state index in [2.05, 4.69) is 0 Å². The van der Waals surface area contributed by atoms with E-state index in [0.29, 0.717) is 6.61 Å². The molecule has 2 rings (SSSR count). The van der Waals surface area contributed by atoms with Gasteiger partial charge in [0.1, 0.15) is 5.75 Å². The van der Waals surface area contributed by atoms with Crippen LogP contribution in [0.4, 0.5) is 5.69 Å². The molecule has 1 atom stereocenters. The summed E-state index contributed by atoms with van der Waals surface area (Å²) in [5.41, 5.74) is 13.0. The average Bonchev–Trinajstić information content (AvgIpc) is 2.43. The summed E-state index contributed by atoms with van der Waals surface area (Å²) in [5.74, 6) is 0.872. The molecule has 0 fully saturated rings. The van der Waals surface area contributed by atoms with E-state index in [9.17, 15) is 0 Å². The van der Waals surface area contributed by atoms with Crippen LogP contribution in [0.5, 0.6) is 5.75 Å². The van der Waals surface area contributed by atoms with Gasteiger partial charge in [-0.15, -0.1) is 0 Å². The standard InChI is InChI=1S/C8H11NO.C8H11N/c1-2-10-8-5-3-7(9)4-6-8;1-7(9)8-5-3-2-4-6-8/h3-6H,2,9H2,1H3;2-7H,9H2,1H3. The van der Waals surface area contributed by atoms with Gasteiger partial charge in [0.2, 0.25) is 0 Å². The second kappa shape index (κ2) is 8.16. The normalized spacial score (nSPS) is 11.1. The summed E-state index contributed by atoms with van der Waals surface area (Å²) in [5, 5.41) is 0. The molecule has 0 bridgehead atoms. The number of hydrogen-bond acceptors (Lipinski definition) is 3. The minimum atomic E-state index is 0.159. The summed E-state index contributed by atoms with van der Waals surface area (Å²) in [6, 6.07) is 17.6. The van der Waals surface area contributed by atoms with Crippen molar-refractivity contribution in [3.63, 3.8) is 0 Å². The lowest BCUT2D eigenvalue weighted by atomic mass is 10.1. The van der Waals surface area contributed by atoms with Crippen molar-refractivity contribution in [1.29, 1.82) is 0 Å². The molecule has 3 heteroatoms. The minimum Gasteiger partial charge on any atom is -0.494 e. The second-order valence-corrected chi connectivity index (χ2v) is 4.20. The number of anilines is 1. The van der Waals surface area contributed by atoms with Gasteiger partial charge in [0.05, 0.1) is 6.61 Å². The molecule has 0 aliphatic heterocycles. The Hall–Kier alpha value is -2.00. The summed E-state index contributed by atoms with van der Waals surface area (Å²) in [6.45, 7) is 4.63. The van der Waals surface area contributed by atoms with Crippen molar-refractivity contribution in [2.75, 3.05) is 12.3 Å². The van der Waals surface area contributed by atoms with Crippen molar-refractivity contribution in [3.8, 4) is 5.75 Å². The van der Waals surface area contributed by atoms with Crippen LogP contribution in [0.15, 0.2) is 54.6 Å². The first-order valence-electron chi connectivity index (χ1n) is 6.42. The molecule has 0 spiro atoms. The van der Waals surface area contributed by atoms with E-state index < -0.39 is 0 Å². The highest BCUT2D eigenvalue weighted by Gasteiger charge is 1.93. The highest BCUT2D eigenvalue weighted by atomic mass is 16.5. The first-order valence-corrected chi connectivity index (χ1v) is 6.42. The number of rotatable bonds is 3. The Kier molecular flexibility index (Phi) is 6.47. The Labute approximate surface area is 115 Å². The fourth-order valence-electron chi connectivity index (χ4n) is 1.49. The van der Waals surface area contributed by atoms with Crippen LogP contribution in [0.3, 0.4) is 0 Å². The third-order valence-electron chi connectivity index (χ3n) is 2.52. The zero-order valence-corrected chi connectivity index (χ0v) is 11.5. The van der Waals surface area contributed by atoms with Crippen LogP contribution >= 0.6 is 0 Å². The lowest BCUT2D eigenvalue weighted by Crippen LogP contribution is -2.03. The van der Waals surface area contributed by atoms with Crippen molar-refractivity contribution < 1.29 is 4.74 Å². The molecule has 0 aliphatic carbocycles. The summed E-state index contributed by atoms with van der Waals surface area (Å²) < 4.78 is 5.21. The highest BCUT2D eigenvalue weighted by Crippen LogP contribution is 2.12. The summed E-state index contributed by atoms with van der Waals surface area (Å²) in [7, 11) is 0. The van der Waals surface area contributed by atoms with Crippen LogP contribution < -0.4 is 16.2 Å². The van der Waals surface area contributed by atoms with Crippen LogP contribution in [0.2, 0.25) is 0 Å². The van der Waals surface area contributed by atoms with Gasteiger partial charge in [0.15, 0.2) is 0 Å². The maximum absolute atomic E-state index is 5.61. The molecule has 0 heterocycles.